The van der Waals surface area contributed by atoms with Crippen LogP contribution < -0.4 is 15.0 Å². The van der Waals surface area contributed by atoms with Crippen LogP contribution in [0.3, 0.4) is 0 Å². The van der Waals surface area contributed by atoms with Gasteiger partial charge in [0.2, 0.25) is 5.91 Å². The Kier molecular flexibility index (Phi) is 7.32. The number of hydrogen-bond donors (Lipinski definition) is 1. The van der Waals surface area contributed by atoms with Crippen molar-refractivity contribution in [2.75, 3.05) is 16.8 Å². The molecule has 1 aromatic heterocycles. The lowest BCUT2D eigenvalue weighted by Gasteiger charge is -2.33. The Morgan fingerprint density at radius 1 is 1.15 bits per heavy atom. The van der Waals surface area contributed by atoms with E-state index in [-0.39, 0.29) is 18.4 Å². The minimum atomic E-state index is -0.657. The van der Waals surface area contributed by atoms with Crippen molar-refractivity contribution < 1.29 is 14.3 Å². The third kappa shape index (κ3) is 4.85. The predicted octanol–water partition coefficient (Wildman–Crippen LogP) is 5.64. The summed E-state index contributed by atoms with van der Waals surface area (Å²) in [5.74, 6) is 0.133. The summed E-state index contributed by atoms with van der Waals surface area (Å²) in [5, 5.41) is 6.20. The smallest absolute Gasteiger partial charge is 0.268 e. The molecule has 2 heterocycles. The first-order valence-electron chi connectivity index (χ1n) is 11.9. The zero-order valence-corrected chi connectivity index (χ0v) is 21.0. The predicted molar refractivity (Wildman–Crippen MR) is 138 cm³/mol. The van der Waals surface area contributed by atoms with Crippen LogP contribution in [0.15, 0.2) is 41.8 Å². The summed E-state index contributed by atoms with van der Waals surface area (Å²) in [6, 6.07) is 11.8. The molecule has 0 saturated heterocycles. The first kappa shape index (κ1) is 24.0. The minimum absolute atomic E-state index is 0.0810. The number of nitrogens with zero attached hydrogens (tertiary/aromatic N) is 2. The number of hydrogen-bond acceptors (Lipinski definition) is 5. The lowest BCUT2D eigenvalue weighted by molar-refractivity contribution is -0.127. The van der Waals surface area contributed by atoms with Crippen molar-refractivity contribution in [2.24, 2.45) is 0 Å². The summed E-state index contributed by atoms with van der Waals surface area (Å²) in [5.41, 5.74) is 5.40. The number of fused-ring (bicyclic) bond motifs is 1. The van der Waals surface area contributed by atoms with E-state index in [9.17, 15) is 9.59 Å². The van der Waals surface area contributed by atoms with Gasteiger partial charge in [-0.2, -0.15) is 0 Å². The Balaban J connectivity index is 1.62. The van der Waals surface area contributed by atoms with E-state index in [1.807, 2.05) is 41.8 Å². The number of para-hydroxylation sites is 1. The summed E-state index contributed by atoms with van der Waals surface area (Å²) >= 11 is 1.64. The Hall–Kier alpha value is -3.19. The number of anilines is 2. The number of aryl methyl sites for hydroxylation is 3. The number of carbonyl (C=O) groups excluding carboxylic acids is 2. The average molecular weight is 478 g/mol. The molecular weight excluding hydrogens is 446 g/mol. The van der Waals surface area contributed by atoms with Crippen molar-refractivity contribution in [1.82, 2.24) is 4.98 Å². The summed E-state index contributed by atoms with van der Waals surface area (Å²) in [6.45, 7) is 7.90. The second kappa shape index (κ2) is 10.4. The van der Waals surface area contributed by atoms with Gasteiger partial charge in [-0.25, -0.2) is 4.98 Å². The average Bonchev–Trinajstić information content (AvgIpc) is 3.31. The maximum atomic E-state index is 13.2. The van der Waals surface area contributed by atoms with Gasteiger partial charge in [0.1, 0.15) is 12.3 Å². The Morgan fingerprint density at radius 2 is 1.88 bits per heavy atom. The third-order valence-corrected chi connectivity index (χ3v) is 6.95. The van der Waals surface area contributed by atoms with Gasteiger partial charge in [-0.3, -0.25) is 14.5 Å². The lowest BCUT2D eigenvalue weighted by Crippen LogP contribution is -2.47. The van der Waals surface area contributed by atoms with Crippen LogP contribution >= 0.6 is 11.3 Å². The van der Waals surface area contributed by atoms with Crippen LogP contribution in [0, 0.1) is 0 Å². The molecule has 1 aliphatic rings. The molecule has 4 rings (SSSR count). The van der Waals surface area contributed by atoms with Crippen molar-refractivity contribution in [3.8, 4) is 17.0 Å². The second-order valence-electron chi connectivity index (χ2n) is 8.45. The highest BCUT2D eigenvalue weighted by Gasteiger charge is 2.33. The van der Waals surface area contributed by atoms with Crippen LogP contribution in [-0.2, 0) is 28.9 Å². The fourth-order valence-electron chi connectivity index (χ4n) is 4.23. The molecule has 0 aliphatic carbocycles. The molecule has 34 heavy (non-hydrogen) atoms. The molecule has 0 radical (unpaired) electrons. The highest BCUT2D eigenvalue weighted by molar-refractivity contribution is 7.09. The molecule has 7 heteroatoms. The molecule has 0 bridgehead atoms. The summed E-state index contributed by atoms with van der Waals surface area (Å²) in [4.78, 5) is 32.5. The zero-order chi connectivity index (χ0) is 24.2. The van der Waals surface area contributed by atoms with Gasteiger partial charge >= 0.3 is 0 Å². The maximum absolute atomic E-state index is 13.2. The van der Waals surface area contributed by atoms with Gasteiger partial charge in [-0.1, -0.05) is 39.0 Å². The number of thiazole rings is 1. The molecule has 1 aliphatic heterocycles. The van der Waals surface area contributed by atoms with E-state index in [0.717, 1.165) is 58.8 Å². The van der Waals surface area contributed by atoms with Gasteiger partial charge in [0.05, 0.1) is 16.4 Å². The van der Waals surface area contributed by atoms with Crippen molar-refractivity contribution in [3.05, 3.63) is 57.9 Å². The van der Waals surface area contributed by atoms with Gasteiger partial charge in [-0.15, -0.1) is 11.3 Å². The van der Waals surface area contributed by atoms with Crippen LogP contribution in [-0.4, -0.2) is 29.4 Å². The number of ether oxygens (including phenoxy) is 1. The van der Waals surface area contributed by atoms with Crippen LogP contribution in [0.25, 0.3) is 11.3 Å². The number of amides is 2. The van der Waals surface area contributed by atoms with E-state index in [1.54, 1.807) is 18.3 Å². The van der Waals surface area contributed by atoms with Crippen LogP contribution in [0.5, 0.6) is 5.75 Å². The molecular formula is C27H31N3O3S. The van der Waals surface area contributed by atoms with Crippen LogP contribution in [0.1, 0.15) is 50.3 Å². The van der Waals surface area contributed by atoms with E-state index in [0.29, 0.717) is 11.4 Å². The van der Waals surface area contributed by atoms with Crippen molar-refractivity contribution in [2.45, 2.75) is 59.5 Å². The Morgan fingerprint density at radius 3 is 2.56 bits per heavy atom. The molecule has 2 aromatic carbocycles. The Labute approximate surface area is 205 Å². The molecule has 0 fully saturated rings. The molecule has 2 amide bonds. The number of aromatic nitrogens is 1. The largest absolute Gasteiger partial charge is 0.479 e. The standard InChI is InChI=1S/C27H31N3O3S/c1-5-9-25-28-21(16-34-25)20-12-13-23-22(14-20)30(27(32)17(4)33-23)15-24(31)29-26-18(6-2)10-8-11-19(26)7-3/h8,10-14,16-17H,5-7,9,15H2,1-4H3,(H,29,31). The molecule has 0 saturated carbocycles. The molecule has 0 spiro atoms. The van der Waals surface area contributed by atoms with Crippen molar-refractivity contribution in [3.63, 3.8) is 0 Å². The Bertz CT molecular complexity index is 1180. The zero-order valence-electron chi connectivity index (χ0n) is 20.2. The number of carbonyl (C=O) groups is 2. The summed E-state index contributed by atoms with van der Waals surface area (Å²) in [6.07, 6.45) is 2.96. The van der Waals surface area contributed by atoms with Gasteiger partial charge in [0, 0.05) is 16.6 Å². The molecule has 178 valence electrons. The summed E-state index contributed by atoms with van der Waals surface area (Å²) < 4.78 is 5.84. The molecule has 1 unspecified atom stereocenters. The van der Waals surface area contributed by atoms with E-state index in [4.69, 9.17) is 9.72 Å². The lowest BCUT2D eigenvalue weighted by atomic mass is 10.0. The maximum Gasteiger partial charge on any atom is 0.268 e. The number of nitrogens with one attached hydrogen (secondary N) is 1. The number of benzene rings is 2. The molecule has 6 nitrogen and oxygen atoms in total. The highest BCUT2D eigenvalue weighted by Crippen LogP contribution is 2.38. The monoisotopic (exact) mass is 477 g/mol. The third-order valence-electron chi connectivity index (χ3n) is 6.04. The second-order valence-corrected chi connectivity index (χ2v) is 9.39. The quantitative estimate of drug-likeness (QED) is 0.456. The SMILES string of the molecule is CCCc1nc(-c2ccc3c(c2)N(CC(=O)Nc2c(CC)cccc2CC)C(=O)C(C)O3)cs1. The van der Waals surface area contributed by atoms with Gasteiger partial charge in [0.25, 0.3) is 5.91 Å². The topological polar surface area (TPSA) is 71.5 Å². The fraction of sp³-hybridized carbons (Fsp3) is 0.370. The molecule has 1 atom stereocenters. The summed E-state index contributed by atoms with van der Waals surface area (Å²) in [7, 11) is 0. The van der Waals surface area contributed by atoms with E-state index >= 15 is 0 Å². The van der Waals surface area contributed by atoms with E-state index in [2.05, 4.69) is 26.1 Å². The normalized spacial score (nSPS) is 15.1. The van der Waals surface area contributed by atoms with E-state index < -0.39 is 6.10 Å². The molecule has 1 N–H and O–H groups in total. The van der Waals surface area contributed by atoms with Crippen LogP contribution in [0.2, 0.25) is 0 Å². The number of rotatable bonds is 8. The molecule has 3 aromatic rings. The van der Waals surface area contributed by atoms with Crippen LogP contribution in [0.4, 0.5) is 11.4 Å². The first-order valence-corrected chi connectivity index (χ1v) is 12.8. The van der Waals surface area contributed by atoms with Crippen molar-refractivity contribution >= 4 is 34.5 Å². The van der Waals surface area contributed by atoms with E-state index in [1.165, 1.54) is 4.90 Å². The first-order chi connectivity index (χ1) is 16.4. The van der Waals surface area contributed by atoms with Gasteiger partial charge in [0.15, 0.2) is 6.10 Å². The van der Waals surface area contributed by atoms with Gasteiger partial charge < -0.3 is 10.1 Å². The van der Waals surface area contributed by atoms with Gasteiger partial charge in [-0.05, 0) is 61.9 Å². The highest BCUT2D eigenvalue weighted by atomic mass is 32.1. The fourth-order valence-corrected chi connectivity index (χ4v) is 5.14. The minimum Gasteiger partial charge on any atom is -0.479 e. The van der Waals surface area contributed by atoms with Crippen molar-refractivity contribution in [1.29, 1.82) is 0 Å².